The van der Waals surface area contributed by atoms with Crippen LogP contribution in [-0.2, 0) is 4.79 Å². The minimum atomic E-state index is -0.0947. The van der Waals surface area contributed by atoms with E-state index in [-0.39, 0.29) is 11.5 Å². The molecule has 0 amide bonds. The normalized spacial score (nSPS) is 11.8. The Bertz CT molecular complexity index is 702. The molecule has 4 N–H and O–H groups in total. The number of nitrogens with one attached hydrogen (secondary N) is 3. The number of carbonyl (C=O) groups excluding carboxylic acids is 1. The third-order valence-electron chi connectivity index (χ3n) is 3.55. The molecule has 0 unspecified atom stereocenters. The summed E-state index contributed by atoms with van der Waals surface area (Å²) in [5.41, 5.74) is 1.34. The summed E-state index contributed by atoms with van der Waals surface area (Å²) in [6.07, 6.45) is 11.2. The molecular formula is C21H28N4O2. The van der Waals surface area contributed by atoms with Gasteiger partial charge in [-0.2, -0.15) is 0 Å². The SMILES string of the molecule is C#C/C=C\C(=O)C(C)=CNCCNCCNCCN=Cc1ccccc1O. The first-order chi connectivity index (χ1) is 13.1. The monoisotopic (exact) mass is 368 g/mol. The summed E-state index contributed by atoms with van der Waals surface area (Å²) in [5.74, 6) is 2.44. The second-order valence-corrected chi connectivity index (χ2v) is 5.74. The Morgan fingerprint density at radius 1 is 1.19 bits per heavy atom. The highest BCUT2D eigenvalue weighted by Gasteiger charge is 1.98. The van der Waals surface area contributed by atoms with Gasteiger partial charge in [0.1, 0.15) is 5.75 Å². The van der Waals surface area contributed by atoms with Crippen molar-refractivity contribution < 1.29 is 9.90 Å². The van der Waals surface area contributed by atoms with Gasteiger partial charge in [-0.3, -0.25) is 9.79 Å². The molecule has 0 bridgehead atoms. The molecule has 0 heterocycles. The zero-order valence-corrected chi connectivity index (χ0v) is 15.7. The lowest BCUT2D eigenvalue weighted by molar-refractivity contribution is -0.111. The summed E-state index contributed by atoms with van der Waals surface area (Å²) in [6.45, 7) is 6.39. The maximum Gasteiger partial charge on any atom is 0.183 e. The highest BCUT2D eigenvalue weighted by molar-refractivity contribution is 6.03. The van der Waals surface area contributed by atoms with Crippen LogP contribution in [0.2, 0.25) is 0 Å². The number of hydrogen-bond acceptors (Lipinski definition) is 6. The van der Waals surface area contributed by atoms with E-state index >= 15 is 0 Å². The summed E-state index contributed by atoms with van der Waals surface area (Å²) in [4.78, 5) is 15.9. The van der Waals surface area contributed by atoms with Gasteiger partial charge in [0.05, 0.1) is 6.54 Å². The molecule has 1 rings (SSSR count). The molecule has 0 atom stereocenters. The Morgan fingerprint density at radius 2 is 1.89 bits per heavy atom. The molecule has 0 spiro atoms. The Kier molecular flexibility index (Phi) is 11.7. The Morgan fingerprint density at radius 3 is 2.63 bits per heavy atom. The fraction of sp³-hybridized carbons (Fsp3) is 0.333. The van der Waals surface area contributed by atoms with Crippen LogP contribution in [0.3, 0.4) is 0 Å². The molecule has 0 saturated carbocycles. The summed E-state index contributed by atoms with van der Waals surface area (Å²) >= 11 is 0. The quantitative estimate of drug-likeness (QED) is 0.182. The van der Waals surface area contributed by atoms with Crippen molar-refractivity contribution in [1.82, 2.24) is 16.0 Å². The number of allylic oxidation sites excluding steroid dienone is 3. The van der Waals surface area contributed by atoms with Crippen molar-refractivity contribution in [3.05, 3.63) is 53.8 Å². The van der Waals surface area contributed by atoms with Crippen molar-refractivity contribution >= 4 is 12.0 Å². The number of carbonyl (C=O) groups is 1. The second kappa shape index (κ2) is 14.3. The molecule has 0 aliphatic rings. The topological polar surface area (TPSA) is 85.8 Å². The lowest BCUT2D eigenvalue weighted by atomic mass is 10.2. The largest absolute Gasteiger partial charge is 0.507 e. The fourth-order valence-corrected chi connectivity index (χ4v) is 2.04. The Balaban J connectivity index is 1.99. The summed E-state index contributed by atoms with van der Waals surface area (Å²) < 4.78 is 0. The van der Waals surface area contributed by atoms with E-state index in [1.54, 1.807) is 31.5 Å². The van der Waals surface area contributed by atoms with Crippen LogP contribution >= 0.6 is 0 Å². The van der Waals surface area contributed by atoms with Gasteiger partial charge >= 0.3 is 0 Å². The van der Waals surface area contributed by atoms with Crippen LogP contribution in [0.4, 0.5) is 0 Å². The van der Waals surface area contributed by atoms with Crippen molar-refractivity contribution in [3.8, 4) is 18.1 Å². The maximum absolute atomic E-state index is 11.6. The molecule has 0 fully saturated rings. The molecule has 0 radical (unpaired) electrons. The number of aromatic hydroxyl groups is 1. The summed E-state index contributed by atoms with van der Waals surface area (Å²) in [6, 6.07) is 7.12. The standard InChI is InChI=1S/C21H28N4O2/c1-3-4-8-20(26)18(2)16-24-14-12-22-10-11-23-13-15-25-17-19-7-5-6-9-21(19)27/h1,4-9,16-17,22-24,27H,10-15H2,2H3/b8-4-,18-16?,25-17?. The zero-order chi connectivity index (χ0) is 19.7. The molecule has 0 aromatic heterocycles. The average Bonchev–Trinajstić information content (AvgIpc) is 2.68. The van der Waals surface area contributed by atoms with Gasteiger partial charge < -0.3 is 21.1 Å². The highest BCUT2D eigenvalue weighted by Crippen LogP contribution is 2.12. The van der Waals surface area contributed by atoms with Crippen LogP contribution in [0.5, 0.6) is 5.75 Å². The number of phenolic OH excluding ortho intramolecular Hbond substituents is 1. The van der Waals surface area contributed by atoms with Crippen molar-refractivity contribution in [2.45, 2.75) is 6.92 Å². The van der Waals surface area contributed by atoms with Gasteiger partial charge in [-0.25, -0.2) is 0 Å². The van der Waals surface area contributed by atoms with E-state index in [1.807, 2.05) is 12.1 Å². The number of benzene rings is 1. The van der Waals surface area contributed by atoms with Gasteiger partial charge in [-0.05, 0) is 31.2 Å². The summed E-state index contributed by atoms with van der Waals surface area (Å²) in [5, 5.41) is 19.3. The lowest BCUT2D eigenvalue weighted by Gasteiger charge is -2.06. The zero-order valence-electron chi connectivity index (χ0n) is 15.7. The predicted molar refractivity (Wildman–Crippen MR) is 111 cm³/mol. The minimum absolute atomic E-state index is 0.0947. The van der Waals surface area contributed by atoms with Crippen LogP contribution in [0.15, 0.2) is 53.2 Å². The van der Waals surface area contributed by atoms with E-state index in [0.29, 0.717) is 12.1 Å². The first-order valence-corrected chi connectivity index (χ1v) is 8.91. The van der Waals surface area contributed by atoms with Crippen LogP contribution in [0, 0.1) is 12.3 Å². The van der Waals surface area contributed by atoms with E-state index in [0.717, 1.165) is 38.3 Å². The van der Waals surface area contributed by atoms with Crippen LogP contribution < -0.4 is 16.0 Å². The third kappa shape index (κ3) is 10.6. The second-order valence-electron chi connectivity index (χ2n) is 5.74. The smallest absolute Gasteiger partial charge is 0.183 e. The van der Waals surface area contributed by atoms with Crippen molar-refractivity contribution in [2.75, 3.05) is 39.3 Å². The first kappa shape index (κ1) is 22.2. The number of para-hydroxylation sites is 1. The van der Waals surface area contributed by atoms with Gasteiger partial charge in [0.2, 0.25) is 0 Å². The van der Waals surface area contributed by atoms with E-state index in [9.17, 15) is 9.90 Å². The van der Waals surface area contributed by atoms with Crippen LogP contribution in [0.25, 0.3) is 0 Å². The van der Waals surface area contributed by atoms with Crippen LogP contribution in [-0.4, -0.2) is 56.4 Å². The number of rotatable bonds is 13. The summed E-state index contributed by atoms with van der Waals surface area (Å²) in [7, 11) is 0. The van der Waals surface area contributed by atoms with E-state index < -0.39 is 0 Å². The molecule has 6 nitrogen and oxygen atoms in total. The third-order valence-corrected chi connectivity index (χ3v) is 3.55. The fourth-order valence-electron chi connectivity index (χ4n) is 2.04. The maximum atomic E-state index is 11.6. The number of hydrogen-bond donors (Lipinski definition) is 4. The van der Waals surface area contributed by atoms with Crippen molar-refractivity contribution in [1.29, 1.82) is 0 Å². The van der Waals surface area contributed by atoms with Gasteiger partial charge in [0.25, 0.3) is 0 Å². The Labute approximate surface area is 161 Å². The van der Waals surface area contributed by atoms with Gasteiger partial charge in [-0.15, -0.1) is 6.42 Å². The minimum Gasteiger partial charge on any atom is -0.507 e. The predicted octanol–water partition coefficient (Wildman–Crippen LogP) is 1.24. The first-order valence-electron chi connectivity index (χ1n) is 8.91. The molecule has 0 aliphatic heterocycles. The Hall–Kier alpha value is -2.88. The molecule has 6 heteroatoms. The molecule has 0 aliphatic carbocycles. The highest BCUT2D eigenvalue weighted by atomic mass is 16.3. The number of nitrogens with zero attached hydrogens (tertiary/aromatic N) is 1. The number of ketones is 1. The van der Waals surface area contributed by atoms with Crippen LogP contribution in [0.1, 0.15) is 12.5 Å². The molecule has 0 saturated heterocycles. The molecule has 1 aromatic rings. The van der Waals surface area contributed by atoms with Crippen molar-refractivity contribution in [2.24, 2.45) is 4.99 Å². The lowest BCUT2D eigenvalue weighted by Crippen LogP contribution is -2.32. The van der Waals surface area contributed by atoms with Gasteiger partial charge in [-0.1, -0.05) is 18.1 Å². The number of terminal acetylenes is 1. The van der Waals surface area contributed by atoms with Crippen molar-refractivity contribution in [3.63, 3.8) is 0 Å². The van der Waals surface area contributed by atoms with E-state index in [1.165, 1.54) is 12.2 Å². The molecule has 27 heavy (non-hydrogen) atoms. The molecule has 144 valence electrons. The van der Waals surface area contributed by atoms with E-state index in [4.69, 9.17) is 6.42 Å². The number of aliphatic imine (C=N–C) groups is 1. The average molecular weight is 368 g/mol. The van der Waals surface area contributed by atoms with Gasteiger partial charge in [0, 0.05) is 56.3 Å². The molecular weight excluding hydrogens is 340 g/mol. The van der Waals surface area contributed by atoms with E-state index in [2.05, 4.69) is 26.9 Å². The van der Waals surface area contributed by atoms with Gasteiger partial charge in [0.15, 0.2) is 5.78 Å². The number of phenols is 1. The molecule has 1 aromatic carbocycles.